The van der Waals surface area contributed by atoms with Gasteiger partial charge in [-0.1, -0.05) is 24.1 Å². The van der Waals surface area contributed by atoms with Crippen LogP contribution in [0.5, 0.6) is 0 Å². The molecule has 0 spiro atoms. The molecule has 0 radical (unpaired) electrons. The molecule has 2 saturated carbocycles. The number of aryl methyl sites for hydroxylation is 1. The monoisotopic (exact) mass is 256 g/mol. The van der Waals surface area contributed by atoms with E-state index in [1.807, 2.05) is 37.4 Å². The summed E-state index contributed by atoms with van der Waals surface area (Å²) in [5.74, 6) is 2.18. The third-order valence-electron chi connectivity index (χ3n) is 4.54. The van der Waals surface area contributed by atoms with Crippen LogP contribution in [0.4, 0.5) is 0 Å². The van der Waals surface area contributed by atoms with Gasteiger partial charge in [-0.05, 0) is 56.1 Å². The average molecular weight is 256 g/mol. The van der Waals surface area contributed by atoms with Crippen molar-refractivity contribution in [2.45, 2.75) is 32.6 Å². The largest absolute Gasteiger partial charge is 0.271 e. The van der Waals surface area contributed by atoms with E-state index in [4.69, 9.17) is 0 Å². The van der Waals surface area contributed by atoms with Gasteiger partial charge < -0.3 is 0 Å². The summed E-state index contributed by atoms with van der Waals surface area (Å²) in [6.07, 6.45) is 7.31. The molecule has 19 heavy (non-hydrogen) atoms. The first kappa shape index (κ1) is 12.4. The molecular weight excluding hydrogens is 236 g/mol. The van der Waals surface area contributed by atoms with E-state index in [1.54, 1.807) is 0 Å². The Balaban J connectivity index is 1.54. The van der Waals surface area contributed by atoms with Gasteiger partial charge in [0.2, 0.25) is 0 Å². The number of amides is 1. The Bertz CT molecular complexity index is 492. The van der Waals surface area contributed by atoms with E-state index in [2.05, 4.69) is 10.5 Å². The van der Waals surface area contributed by atoms with Crippen LogP contribution < -0.4 is 5.43 Å². The standard InChI is InChI=1S/C16H20N2O/c1-11-2-5-13(6-3-11)16(19)18-17-10-15-9-12-4-7-14(15)8-12/h2-3,5-6,10,12,14-15H,4,7-9H2,1H3,(H,18,19)/b17-10-/t12-,14-,15+/m1/s1. The Kier molecular flexibility index (Phi) is 3.36. The number of nitrogens with zero attached hydrogens (tertiary/aromatic N) is 1. The van der Waals surface area contributed by atoms with Gasteiger partial charge in [-0.3, -0.25) is 4.79 Å². The van der Waals surface area contributed by atoms with Crippen LogP contribution in [0.2, 0.25) is 0 Å². The molecule has 3 atom stereocenters. The number of fused-ring (bicyclic) bond motifs is 2. The van der Waals surface area contributed by atoms with Gasteiger partial charge in [-0.2, -0.15) is 5.10 Å². The van der Waals surface area contributed by atoms with Crippen LogP contribution in [0, 0.1) is 24.7 Å². The maximum Gasteiger partial charge on any atom is 0.271 e. The number of hydrazone groups is 1. The second-order valence-electron chi connectivity index (χ2n) is 5.92. The number of benzene rings is 1. The summed E-state index contributed by atoms with van der Waals surface area (Å²) >= 11 is 0. The first-order valence-electron chi connectivity index (χ1n) is 7.12. The molecule has 1 N–H and O–H groups in total. The first-order chi connectivity index (χ1) is 9.22. The molecule has 1 amide bonds. The maximum absolute atomic E-state index is 11.9. The summed E-state index contributed by atoms with van der Waals surface area (Å²) in [4.78, 5) is 11.9. The average Bonchev–Trinajstić information content (AvgIpc) is 3.02. The highest BCUT2D eigenvalue weighted by Gasteiger charge is 2.38. The Morgan fingerprint density at radius 2 is 2.05 bits per heavy atom. The summed E-state index contributed by atoms with van der Waals surface area (Å²) in [7, 11) is 0. The Morgan fingerprint density at radius 1 is 1.26 bits per heavy atom. The molecular formula is C16H20N2O. The lowest BCUT2D eigenvalue weighted by Crippen LogP contribution is -2.20. The number of hydrogen-bond acceptors (Lipinski definition) is 2. The molecule has 0 heterocycles. The van der Waals surface area contributed by atoms with E-state index in [9.17, 15) is 4.79 Å². The first-order valence-corrected chi connectivity index (χ1v) is 7.12. The summed E-state index contributed by atoms with van der Waals surface area (Å²) < 4.78 is 0. The summed E-state index contributed by atoms with van der Waals surface area (Å²) in [5, 5.41) is 4.15. The van der Waals surface area contributed by atoms with Crippen molar-refractivity contribution in [3.8, 4) is 0 Å². The van der Waals surface area contributed by atoms with Crippen LogP contribution in [0.25, 0.3) is 0 Å². The number of nitrogens with one attached hydrogen (secondary N) is 1. The van der Waals surface area contributed by atoms with Crippen LogP contribution in [-0.4, -0.2) is 12.1 Å². The number of hydrogen-bond donors (Lipinski definition) is 1. The van der Waals surface area contributed by atoms with E-state index < -0.39 is 0 Å². The summed E-state index contributed by atoms with van der Waals surface area (Å²) in [6, 6.07) is 7.54. The highest BCUT2D eigenvalue weighted by atomic mass is 16.2. The van der Waals surface area contributed by atoms with Gasteiger partial charge in [0.25, 0.3) is 5.91 Å². The lowest BCUT2D eigenvalue weighted by molar-refractivity contribution is 0.0955. The zero-order valence-corrected chi connectivity index (χ0v) is 11.3. The minimum absolute atomic E-state index is 0.126. The highest BCUT2D eigenvalue weighted by Crippen LogP contribution is 2.47. The second kappa shape index (κ2) is 5.16. The normalized spacial score (nSPS) is 29.0. The maximum atomic E-state index is 11.9. The van der Waals surface area contributed by atoms with Crippen molar-refractivity contribution in [1.29, 1.82) is 0 Å². The van der Waals surface area contributed by atoms with Crippen molar-refractivity contribution in [3.63, 3.8) is 0 Å². The molecule has 2 bridgehead atoms. The third-order valence-corrected chi connectivity index (χ3v) is 4.54. The minimum atomic E-state index is -0.126. The minimum Gasteiger partial charge on any atom is -0.267 e. The topological polar surface area (TPSA) is 41.5 Å². The fraction of sp³-hybridized carbons (Fsp3) is 0.500. The van der Waals surface area contributed by atoms with Crippen LogP contribution in [0.15, 0.2) is 29.4 Å². The molecule has 1 aromatic rings. The lowest BCUT2D eigenvalue weighted by atomic mass is 9.90. The predicted octanol–water partition coefficient (Wildman–Crippen LogP) is 3.15. The quantitative estimate of drug-likeness (QED) is 0.655. The molecule has 0 aliphatic heterocycles. The van der Waals surface area contributed by atoms with Gasteiger partial charge in [0.05, 0.1) is 0 Å². The van der Waals surface area contributed by atoms with Gasteiger partial charge >= 0.3 is 0 Å². The fourth-order valence-electron chi connectivity index (χ4n) is 3.44. The van der Waals surface area contributed by atoms with Crippen LogP contribution in [0.3, 0.4) is 0 Å². The molecule has 3 nitrogen and oxygen atoms in total. The van der Waals surface area contributed by atoms with E-state index in [0.717, 1.165) is 17.4 Å². The van der Waals surface area contributed by atoms with Gasteiger partial charge in [-0.25, -0.2) is 5.43 Å². The predicted molar refractivity (Wildman–Crippen MR) is 76.1 cm³/mol. The Labute approximate surface area is 114 Å². The molecule has 1 aromatic carbocycles. The fourth-order valence-corrected chi connectivity index (χ4v) is 3.44. The lowest BCUT2D eigenvalue weighted by Gasteiger charge is -2.16. The number of rotatable bonds is 3. The Hall–Kier alpha value is -1.64. The smallest absolute Gasteiger partial charge is 0.267 e. The number of carbonyl (C=O) groups is 1. The van der Waals surface area contributed by atoms with Crippen molar-refractivity contribution in [1.82, 2.24) is 5.43 Å². The summed E-state index contributed by atoms with van der Waals surface area (Å²) in [6.45, 7) is 2.01. The van der Waals surface area contributed by atoms with Crippen LogP contribution >= 0.6 is 0 Å². The molecule has 100 valence electrons. The van der Waals surface area contributed by atoms with Gasteiger partial charge in [-0.15, -0.1) is 0 Å². The van der Waals surface area contributed by atoms with Crippen molar-refractivity contribution in [2.24, 2.45) is 22.9 Å². The van der Waals surface area contributed by atoms with Crippen molar-refractivity contribution >= 4 is 12.1 Å². The zero-order valence-electron chi connectivity index (χ0n) is 11.3. The molecule has 2 fully saturated rings. The molecule has 2 aliphatic rings. The SMILES string of the molecule is Cc1ccc(C(=O)N/N=C\[C@@H]2C[C@@H]3CC[C@@H]2C3)cc1. The molecule has 0 saturated heterocycles. The van der Waals surface area contributed by atoms with Crippen molar-refractivity contribution in [2.75, 3.05) is 0 Å². The van der Waals surface area contributed by atoms with E-state index in [1.165, 1.54) is 25.7 Å². The molecule has 0 aromatic heterocycles. The van der Waals surface area contributed by atoms with E-state index in [-0.39, 0.29) is 5.91 Å². The molecule has 3 rings (SSSR count). The second-order valence-corrected chi connectivity index (χ2v) is 5.92. The van der Waals surface area contributed by atoms with Gasteiger partial charge in [0.1, 0.15) is 0 Å². The zero-order chi connectivity index (χ0) is 13.2. The molecule has 2 aliphatic carbocycles. The highest BCUT2D eigenvalue weighted by molar-refractivity contribution is 5.94. The van der Waals surface area contributed by atoms with Crippen molar-refractivity contribution < 1.29 is 4.79 Å². The van der Waals surface area contributed by atoms with E-state index in [0.29, 0.717) is 11.5 Å². The summed E-state index contributed by atoms with van der Waals surface area (Å²) in [5.41, 5.74) is 4.45. The van der Waals surface area contributed by atoms with Crippen LogP contribution in [0.1, 0.15) is 41.6 Å². The van der Waals surface area contributed by atoms with Gasteiger partial charge in [0.15, 0.2) is 0 Å². The van der Waals surface area contributed by atoms with Crippen LogP contribution in [-0.2, 0) is 0 Å². The van der Waals surface area contributed by atoms with Crippen molar-refractivity contribution in [3.05, 3.63) is 35.4 Å². The Morgan fingerprint density at radius 3 is 2.68 bits per heavy atom. The van der Waals surface area contributed by atoms with Gasteiger partial charge in [0, 0.05) is 11.8 Å². The molecule has 0 unspecified atom stereocenters. The molecule has 3 heteroatoms. The third kappa shape index (κ3) is 2.70. The van der Waals surface area contributed by atoms with E-state index >= 15 is 0 Å². The number of carbonyl (C=O) groups excluding carboxylic acids is 1.